The quantitative estimate of drug-likeness (QED) is 0.414. The van der Waals surface area contributed by atoms with Crippen LogP contribution in [0.5, 0.6) is 0 Å². The molecule has 25 heavy (non-hydrogen) atoms. The first-order valence-electron chi connectivity index (χ1n) is 8.19. The number of nitrogens with zero attached hydrogens (tertiary/aromatic N) is 1. The Morgan fingerprint density at radius 3 is 2.44 bits per heavy atom. The van der Waals surface area contributed by atoms with Gasteiger partial charge in [0.05, 0.1) is 7.85 Å². The van der Waals surface area contributed by atoms with Gasteiger partial charge in [-0.1, -0.05) is 66.7 Å². The van der Waals surface area contributed by atoms with Crippen LogP contribution in [0, 0.1) is 0 Å². The minimum absolute atomic E-state index is 0.221. The number of benzene rings is 3. The van der Waals surface area contributed by atoms with Crippen LogP contribution in [0.2, 0.25) is 0 Å². The number of hydrogen-bond acceptors (Lipinski definition) is 2. The summed E-state index contributed by atoms with van der Waals surface area (Å²) in [4.78, 5) is 12.7. The standard InChI is InChI=1S/C21H16BNO2/c22-14-23-12-19-17-9-5-4-8-16(17)10-11-18(19)20(23)21(24)25-13-15-6-2-1-3-7-15/h1-12H,13-14H2. The lowest BCUT2D eigenvalue weighted by molar-refractivity contribution is 0.0463. The molecule has 4 heteroatoms. The summed E-state index contributed by atoms with van der Waals surface area (Å²) < 4.78 is 7.27. The van der Waals surface area contributed by atoms with E-state index in [1.54, 1.807) is 4.57 Å². The monoisotopic (exact) mass is 325 g/mol. The molecule has 0 saturated carbocycles. The van der Waals surface area contributed by atoms with Crippen LogP contribution in [0.3, 0.4) is 0 Å². The van der Waals surface area contributed by atoms with E-state index in [9.17, 15) is 4.79 Å². The van der Waals surface area contributed by atoms with E-state index in [0.29, 0.717) is 5.69 Å². The molecule has 3 aromatic carbocycles. The highest BCUT2D eigenvalue weighted by atomic mass is 16.5. The van der Waals surface area contributed by atoms with E-state index < -0.39 is 0 Å². The molecule has 3 nitrogen and oxygen atoms in total. The van der Waals surface area contributed by atoms with Crippen molar-refractivity contribution in [1.82, 2.24) is 4.57 Å². The van der Waals surface area contributed by atoms with Gasteiger partial charge in [-0.3, -0.25) is 0 Å². The molecule has 0 bridgehead atoms. The molecule has 0 amide bonds. The van der Waals surface area contributed by atoms with E-state index in [2.05, 4.69) is 12.1 Å². The van der Waals surface area contributed by atoms with Crippen LogP contribution < -0.4 is 0 Å². The Morgan fingerprint density at radius 1 is 0.880 bits per heavy atom. The number of hydrogen-bond donors (Lipinski definition) is 0. The molecule has 0 saturated heterocycles. The Balaban J connectivity index is 1.75. The van der Waals surface area contributed by atoms with Gasteiger partial charge in [-0.05, 0) is 22.8 Å². The third-order valence-electron chi connectivity index (χ3n) is 4.40. The van der Waals surface area contributed by atoms with E-state index in [-0.39, 0.29) is 19.0 Å². The molecule has 4 aromatic rings. The molecule has 0 aliphatic carbocycles. The smallest absolute Gasteiger partial charge is 0.355 e. The molecule has 2 radical (unpaired) electrons. The maximum atomic E-state index is 12.7. The Bertz CT molecular complexity index is 1050. The number of esters is 1. The van der Waals surface area contributed by atoms with Gasteiger partial charge in [0.1, 0.15) is 12.3 Å². The molecule has 0 fully saturated rings. The van der Waals surface area contributed by atoms with Crippen molar-refractivity contribution in [2.45, 2.75) is 13.1 Å². The molecule has 4 rings (SSSR count). The lowest BCUT2D eigenvalue weighted by Gasteiger charge is -2.08. The van der Waals surface area contributed by atoms with Gasteiger partial charge in [0.15, 0.2) is 0 Å². The lowest BCUT2D eigenvalue weighted by atomic mass is 10.0. The molecule has 1 aromatic heterocycles. The molecule has 0 N–H and O–H groups in total. The summed E-state index contributed by atoms with van der Waals surface area (Å²) >= 11 is 0. The van der Waals surface area contributed by atoms with Crippen molar-refractivity contribution in [2.24, 2.45) is 0 Å². The zero-order valence-corrected chi connectivity index (χ0v) is 13.7. The second-order valence-electron chi connectivity index (χ2n) is 5.94. The zero-order chi connectivity index (χ0) is 17.2. The van der Waals surface area contributed by atoms with Crippen LogP contribution in [-0.2, 0) is 17.8 Å². The second-order valence-corrected chi connectivity index (χ2v) is 5.94. The Morgan fingerprint density at radius 2 is 1.64 bits per heavy atom. The largest absolute Gasteiger partial charge is 0.456 e. The molecule has 0 unspecified atom stereocenters. The number of fused-ring (bicyclic) bond motifs is 3. The summed E-state index contributed by atoms with van der Waals surface area (Å²) in [5.41, 5.74) is 1.45. The van der Waals surface area contributed by atoms with E-state index in [0.717, 1.165) is 27.1 Å². The van der Waals surface area contributed by atoms with Crippen molar-refractivity contribution in [3.05, 3.63) is 84.2 Å². The van der Waals surface area contributed by atoms with Gasteiger partial charge in [-0.2, -0.15) is 0 Å². The molecule has 120 valence electrons. The predicted octanol–water partition coefficient (Wildman–Crippen LogP) is 4.28. The van der Waals surface area contributed by atoms with Crippen molar-refractivity contribution in [3.63, 3.8) is 0 Å². The summed E-state index contributed by atoms with van der Waals surface area (Å²) in [7, 11) is 5.86. The molecule has 0 aliphatic heterocycles. The van der Waals surface area contributed by atoms with Crippen molar-refractivity contribution in [3.8, 4) is 0 Å². The fraction of sp³-hybridized carbons (Fsp3) is 0.0952. The summed E-state index contributed by atoms with van der Waals surface area (Å²) in [6.07, 6.45) is 2.15. The SMILES string of the molecule is [B]Cn1cc2c(ccc3ccccc32)c1C(=O)OCc1ccccc1. The highest BCUT2D eigenvalue weighted by Crippen LogP contribution is 2.29. The van der Waals surface area contributed by atoms with Gasteiger partial charge < -0.3 is 9.30 Å². The molecule has 1 heterocycles. The van der Waals surface area contributed by atoms with Crippen LogP contribution in [0.25, 0.3) is 21.5 Å². The van der Waals surface area contributed by atoms with Crippen molar-refractivity contribution in [2.75, 3.05) is 0 Å². The maximum Gasteiger partial charge on any atom is 0.355 e. The Labute approximate surface area is 147 Å². The van der Waals surface area contributed by atoms with E-state index in [1.807, 2.05) is 60.8 Å². The van der Waals surface area contributed by atoms with Crippen LogP contribution in [0.4, 0.5) is 0 Å². The summed E-state index contributed by atoms with van der Waals surface area (Å²) in [6, 6.07) is 21.7. The van der Waals surface area contributed by atoms with Crippen molar-refractivity contribution < 1.29 is 9.53 Å². The first-order chi connectivity index (χ1) is 12.3. The van der Waals surface area contributed by atoms with Crippen LogP contribution in [-0.4, -0.2) is 18.4 Å². The number of carbonyl (C=O) groups excluding carboxylic acids is 1. The molecule has 0 spiro atoms. The molecular weight excluding hydrogens is 309 g/mol. The number of aromatic nitrogens is 1. The first-order valence-corrected chi connectivity index (χ1v) is 8.19. The first kappa shape index (κ1) is 15.5. The van der Waals surface area contributed by atoms with Crippen LogP contribution in [0.1, 0.15) is 16.1 Å². The summed E-state index contributed by atoms with van der Waals surface area (Å²) in [6.45, 7) is 0.241. The highest BCUT2D eigenvalue weighted by Gasteiger charge is 2.18. The summed E-state index contributed by atoms with van der Waals surface area (Å²) in [5, 5.41) is 4.11. The molecular formula is C21H16BNO2. The zero-order valence-electron chi connectivity index (χ0n) is 13.7. The maximum absolute atomic E-state index is 12.7. The summed E-state index contributed by atoms with van der Waals surface area (Å²) in [5.74, 6) is -0.361. The number of ether oxygens (including phenoxy) is 1. The van der Waals surface area contributed by atoms with Gasteiger partial charge in [0, 0.05) is 17.0 Å². The second kappa shape index (κ2) is 6.48. The molecule has 0 aliphatic rings. The minimum Gasteiger partial charge on any atom is -0.456 e. The van der Waals surface area contributed by atoms with Crippen molar-refractivity contribution in [1.29, 1.82) is 0 Å². The topological polar surface area (TPSA) is 31.2 Å². The number of carbonyl (C=O) groups is 1. The third kappa shape index (κ3) is 2.80. The van der Waals surface area contributed by atoms with E-state index in [4.69, 9.17) is 12.6 Å². The fourth-order valence-electron chi connectivity index (χ4n) is 3.18. The van der Waals surface area contributed by atoms with Gasteiger partial charge >= 0.3 is 5.97 Å². The Hall–Kier alpha value is -3.01. The highest BCUT2D eigenvalue weighted by molar-refractivity contribution is 6.15. The van der Waals surface area contributed by atoms with Gasteiger partial charge in [0.2, 0.25) is 0 Å². The third-order valence-corrected chi connectivity index (χ3v) is 4.40. The predicted molar refractivity (Wildman–Crippen MR) is 101 cm³/mol. The van der Waals surface area contributed by atoms with Gasteiger partial charge in [0.25, 0.3) is 0 Å². The average Bonchev–Trinajstić information content (AvgIpc) is 3.06. The van der Waals surface area contributed by atoms with Crippen LogP contribution >= 0.6 is 0 Å². The van der Waals surface area contributed by atoms with Crippen molar-refractivity contribution >= 4 is 35.4 Å². The average molecular weight is 325 g/mol. The Kier molecular flexibility index (Phi) is 4.02. The van der Waals surface area contributed by atoms with Crippen LogP contribution in [0.15, 0.2) is 72.9 Å². The van der Waals surface area contributed by atoms with E-state index >= 15 is 0 Å². The molecule has 0 atom stereocenters. The lowest BCUT2D eigenvalue weighted by Crippen LogP contribution is -2.12. The fourth-order valence-corrected chi connectivity index (χ4v) is 3.18. The number of rotatable bonds is 4. The normalized spacial score (nSPS) is 11.0. The van der Waals surface area contributed by atoms with Gasteiger partial charge in [-0.15, -0.1) is 0 Å². The van der Waals surface area contributed by atoms with Gasteiger partial charge in [-0.25, -0.2) is 4.79 Å². The minimum atomic E-state index is -0.361. The van der Waals surface area contributed by atoms with E-state index in [1.165, 1.54) is 0 Å².